The number of nitrogens with zero attached hydrogens (tertiary/aromatic N) is 1. The van der Waals surface area contributed by atoms with E-state index in [1.54, 1.807) is 11.1 Å². The quantitative estimate of drug-likeness (QED) is 0.192. The molecule has 1 spiro atoms. The van der Waals surface area contributed by atoms with Gasteiger partial charge in [-0.1, -0.05) is 152 Å². The van der Waals surface area contributed by atoms with Gasteiger partial charge < -0.3 is 4.90 Å². The number of anilines is 2. The molecule has 2 unspecified atom stereocenters. The lowest BCUT2D eigenvalue weighted by Gasteiger charge is -2.40. The minimum atomic E-state index is -0.0363. The predicted octanol–water partition coefficient (Wildman–Crippen LogP) is 11.6. The number of fused-ring (bicyclic) bond motifs is 6. The van der Waals surface area contributed by atoms with Crippen LogP contribution in [0.4, 0.5) is 11.4 Å². The Balaban J connectivity index is 1.12. The van der Waals surface area contributed by atoms with E-state index in [4.69, 9.17) is 0 Å². The molecule has 0 aliphatic heterocycles. The van der Waals surface area contributed by atoms with Gasteiger partial charge in [-0.15, -0.1) is 0 Å². The smallest absolute Gasteiger partial charge is 0.0540 e. The summed E-state index contributed by atoms with van der Waals surface area (Å²) in [6, 6.07) is 49.4. The topological polar surface area (TPSA) is 3.24 Å². The van der Waals surface area contributed by atoms with E-state index >= 15 is 0 Å². The van der Waals surface area contributed by atoms with Gasteiger partial charge in [0.1, 0.15) is 0 Å². The SMILES string of the molecule is C1=CC2c3cccc4c3[C@@]3(c5c-4cccc5C4C=C(N(c5ccccc5)c5ccccc5-c5cccc6ccccc56)C=C[C@@H]43)[C@@H]2C=C1. The van der Waals surface area contributed by atoms with Gasteiger partial charge in [0.15, 0.2) is 0 Å². The van der Waals surface area contributed by atoms with Crippen molar-refractivity contribution in [2.75, 3.05) is 4.90 Å². The first kappa shape index (κ1) is 26.4. The van der Waals surface area contributed by atoms with Gasteiger partial charge in [0.05, 0.1) is 5.69 Å². The Labute approximate surface area is 281 Å². The fourth-order valence-corrected chi connectivity index (χ4v) is 10.3. The zero-order valence-corrected chi connectivity index (χ0v) is 26.5. The minimum Gasteiger partial charge on any atom is -0.310 e. The van der Waals surface area contributed by atoms with Crippen LogP contribution in [0.2, 0.25) is 0 Å². The Morgan fingerprint density at radius 3 is 1.96 bits per heavy atom. The standard InChI is InChI=1S/C47H33N/c1-2-15-31(16-3-1)48(44-26-9-7-19-36(44)34-20-10-14-30-13-4-5-17-33(30)34)32-27-28-43-41(29-32)40-24-12-23-39-38-22-11-21-37-35-18-6-8-25-42(35)47(43,45(37)38)46(39)40/h1-29,35,41-43H/t35?,41?,42-,43+,47-/m1/s1. The summed E-state index contributed by atoms with van der Waals surface area (Å²) in [5, 5.41) is 2.53. The monoisotopic (exact) mass is 611 g/mol. The van der Waals surface area contributed by atoms with Gasteiger partial charge in [-0.05, 0) is 74.0 Å². The van der Waals surface area contributed by atoms with Crippen molar-refractivity contribution in [3.8, 4) is 22.3 Å². The van der Waals surface area contributed by atoms with Crippen LogP contribution in [0.5, 0.6) is 0 Å². The van der Waals surface area contributed by atoms with Crippen LogP contribution in [0.3, 0.4) is 0 Å². The van der Waals surface area contributed by atoms with Crippen molar-refractivity contribution < 1.29 is 0 Å². The average Bonchev–Trinajstić information content (AvgIpc) is 3.75. The third-order valence-electron chi connectivity index (χ3n) is 11.9. The van der Waals surface area contributed by atoms with Crippen LogP contribution in [-0.2, 0) is 5.41 Å². The van der Waals surface area contributed by atoms with E-state index in [1.165, 1.54) is 61.2 Å². The summed E-state index contributed by atoms with van der Waals surface area (Å²) in [6.45, 7) is 0. The summed E-state index contributed by atoms with van der Waals surface area (Å²) in [6.07, 6.45) is 17.1. The van der Waals surface area contributed by atoms with Crippen LogP contribution in [-0.4, -0.2) is 0 Å². The molecule has 1 nitrogen and oxygen atoms in total. The molecule has 0 aromatic heterocycles. The van der Waals surface area contributed by atoms with Crippen molar-refractivity contribution in [2.45, 2.75) is 17.3 Å². The van der Waals surface area contributed by atoms with Gasteiger partial charge in [-0.3, -0.25) is 0 Å². The Morgan fingerprint density at radius 2 is 1.10 bits per heavy atom. The average molecular weight is 612 g/mol. The van der Waals surface area contributed by atoms with Crippen LogP contribution in [0.1, 0.15) is 34.1 Å². The third-order valence-corrected chi connectivity index (χ3v) is 11.9. The fraction of sp³-hybridized carbons (Fsp3) is 0.106. The van der Waals surface area contributed by atoms with E-state index in [9.17, 15) is 0 Å². The molecule has 6 aromatic rings. The zero-order chi connectivity index (χ0) is 31.4. The molecule has 226 valence electrons. The van der Waals surface area contributed by atoms with Gasteiger partial charge >= 0.3 is 0 Å². The molecular formula is C47H33N. The number of para-hydroxylation sites is 2. The maximum absolute atomic E-state index is 2.60. The first-order valence-electron chi connectivity index (χ1n) is 17.3. The van der Waals surface area contributed by atoms with Gasteiger partial charge in [0.2, 0.25) is 0 Å². The van der Waals surface area contributed by atoms with Crippen LogP contribution in [0.25, 0.3) is 33.0 Å². The van der Waals surface area contributed by atoms with E-state index < -0.39 is 0 Å². The number of benzene rings is 6. The number of rotatable bonds is 4. The molecule has 0 radical (unpaired) electrons. The summed E-state index contributed by atoms with van der Waals surface area (Å²) in [5.41, 5.74) is 15.1. The largest absolute Gasteiger partial charge is 0.310 e. The summed E-state index contributed by atoms with van der Waals surface area (Å²) < 4.78 is 0. The summed E-state index contributed by atoms with van der Waals surface area (Å²) in [4.78, 5) is 2.49. The molecular weight excluding hydrogens is 579 g/mol. The van der Waals surface area contributed by atoms with Crippen molar-refractivity contribution in [3.63, 3.8) is 0 Å². The van der Waals surface area contributed by atoms with E-state index in [-0.39, 0.29) is 11.3 Å². The van der Waals surface area contributed by atoms with Gasteiger partial charge in [-0.2, -0.15) is 0 Å². The lowest BCUT2D eigenvalue weighted by molar-refractivity contribution is 0.316. The van der Waals surface area contributed by atoms with Gasteiger partial charge in [0, 0.05) is 46.0 Å². The summed E-state index contributed by atoms with van der Waals surface area (Å²) in [5.74, 6) is 1.50. The highest BCUT2D eigenvalue weighted by molar-refractivity contribution is 6.01. The second-order valence-electron chi connectivity index (χ2n) is 13.9. The van der Waals surface area contributed by atoms with E-state index in [2.05, 4.69) is 181 Å². The molecule has 0 saturated carbocycles. The molecule has 0 bridgehead atoms. The van der Waals surface area contributed by atoms with Crippen molar-refractivity contribution in [1.29, 1.82) is 0 Å². The molecule has 1 heteroatoms. The van der Waals surface area contributed by atoms with Crippen LogP contribution < -0.4 is 4.90 Å². The number of hydrogen-bond acceptors (Lipinski definition) is 1. The van der Waals surface area contributed by atoms with Crippen molar-refractivity contribution >= 4 is 22.1 Å². The molecule has 5 atom stereocenters. The molecule has 0 saturated heterocycles. The molecule has 0 amide bonds. The highest BCUT2D eigenvalue weighted by Crippen LogP contribution is 2.73. The van der Waals surface area contributed by atoms with Crippen LogP contribution in [0, 0.1) is 11.8 Å². The van der Waals surface area contributed by atoms with Gasteiger partial charge in [0.25, 0.3) is 0 Å². The summed E-state index contributed by atoms with van der Waals surface area (Å²) in [7, 11) is 0. The molecule has 6 aromatic carbocycles. The van der Waals surface area contributed by atoms with Crippen LogP contribution in [0.15, 0.2) is 182 Å². The zero-order valence-electron chi connectivity index (χ0n) is 26.5. The van der Waals surface area contributed by atoms with Crippen molar-refractivity contribution in [3.05, 3.63) is 204 Å². The Hall–Kier alpha value is -5.66. The molecule has 0 fully saturated rings. The second-order valence-corrected chi connectivity index (χ2v) is 13.9. The second kappa shape index (κ2) is 9.69. The number of hydrogen-bond donors (Lipinski definition) is 0. The first-order chi connectivity index (χ1) is 23.8. The first-order valence-corrected chi connectivity index (χ1v) is 17.3. The molecule has 5 aliphatic rings. The lowest BCUT2D eigenvalue weighted by atomic mass is 9.63. The lowest BCUT2D eigenvalue weighted by Crippen LogP contribution is -2.37. The summed E-state index contributed by atoms with van der Waals surface area (Å²) >= 11 is 0. The molecule has 0 heterocycles. The molecule has 48 heavy (non-hydrogen) atoms. The normalized spacial score (nSPS) is 24.6. The molecule has 5 aliphatic carbocycles. The Kier molecular flexibility index (Phi) is 5.33. The Morgan fingerprint density at radius 1 is 0.479 bits per heavy atom. The third kappa shape index (κ3) is 3.26. The van der Waals surface area contributed by atoms with Gasteiger partial charge in [-0.25, -0.2) is 0 Å². The molecule has 11 rings (SSSR count). The van der Waals surface area contributed by atoms with Crippen LogP contribution >= 0.6 is 0 Å². The maximum atomic E-state index is 2.60. The minimum absolute atomic E-state index is 0.0363. The predicted molar refractivity (Wildman–Crippen MR) is 199 cm³/mol. The van der Waals surface area contributed by atoms with Crippen molar-refractivity contribution in [1.82, 2.24) is 0 Å². The fourth-order valence-electron chi connectivity index (χ4n) is 10.3. The van der Waals surface area contributed by atoms with Crippen molar-refractivity contribution in [2.24, 2.45) is 11.8 Å². The number of allylic oxidation sites excluding steroid dienone is 7. The highest BCUT2D eigenvalue weighted by Gasteiger charge is 2.65. The maximum Gasteiger partial charge on any atom is 0.0540 e. The van der Waals surface area contributed by atoms with E-state index in [1.807, 2.05) is 0 Å². The van der Waals surface area contributed by atoms with E-state index in [0.717, 1.165) is 0 Å². The Bertz CT molecular complexity index is 2440. The molecule has 0 N–H and O–H groups in total. The highest BCUT2D eigenvalue weighted by atomic mass is 15.1. The van der Waals surface area contributed by atoms with E-state index in [0.29, 0.717) is 17.8 Å².